The molecule has 102 valence electrons. The fraction of sp³-hybridized carbons (Fsp3) is 0.0833. The van der Waals surface area contributed by atoms with Gasteiger partial charge in [-0.25, -0.2) is 14.2 Å². The van der Waals surface area contributed by atoms with Crippen molar-refractivity contribution < 1.29 is 4.39 Å². The number of fused-ring (bicyclic) bond motifs is 1. The van der Waals surface area contributed by atoms with Gasteiger partial charge in [-0.3, -0.25) is 4.98 Å². The first-order valence-electron chi connectivity index (χ1n) is 5.64. The van der Waals surface area contributed by atoms with Crippen LogP contribution in [0.4, 0.5) is 4.39 Å². The van der Waals surface area contributed by atoms with E-state index in [1.807, 2.05) is 0 Å². The molecule has 0 atom stereocenters. The van der Waals surface area contributed by atoms with Crippen molar-refractivity contribution in [1.82, 2.24) is 19.9 Å². The Morgan fingerprint density at radius 2 is 2.25 bits per heavy atom. The topological polar surface area (TPSA) is 74.4 Å². The second kappa shape index (κ2) is 5.26. The van der Waals surface area contributed by atoms with Crippen molar-refractivity contribution >= 4 is 34.5 Å². The average Bonchev–Trinajstić information content (AvgIpc) is 2.86. The molecule has 0 radical (unpaired) electrons. The Hall–Kier alpha value is -1.86. The van der Waals surface area contributed by atoms with Crippen LogP contribution in [0.15, 0.2) is 34.3 Å². The van der Waals surface area contributed by atoms with Crippen molar-refractivity contribution in [2.75, 3.05) is 0 Å². The number of hydrogen-bond donors (Lipinski definition) is 2. The minimum absolute atomic E-state index is 0.274. The molecule has 2 N–H and O–H groups in total. The first-order chi connectivity index (χ1) is 9.65. The highest BCUT2D eigenvalue weighted by Crippen LogP contribution is 2.29. The van der Waals surface area contributed by atoms with Gasteiger partial charge in [0.1, 0.15) is 16.4 Å². The number of H-pyrrole nitrogens is 2. The molecule has 0 spiro atoms. The summed E-state index contributed by atoms with van der Waals surface area (Å²) in [5.74, 6) is -0.105. The lowest BCUT2D eigenvalue weighted by Crippen LogP contribution is -2.11. The SMILES string of the molecule is O=c1nc(SCc2c(F)cccc2Cl)c2[nH]cnc2[nH]1. The first kappa shape index (κ1) is 13.1. The lowest BCUT2D eigenvalue weighted by atomic mass is 10.2. The first-order valence-corrected chi connectivity index (χ1v) is 7.00. The number of halogens is 2. The highest BCUT2D eigenvalue weighted by atomic mass is 35.5. The summed E-state index contributed by atoms with van der Waals surface area (Å²) in [6.07, 6.45) is 1.46. The third-order valence-electron chi connectivity index (χ3n) is 2.70. The normalized spacial score (nSPS) is 11.1. The molecule has 0 bridgehead atoms. The van der Waals surface area contributed by atoms with E-state index in [1.165, 1.54) is 24.2 Å². The van der Waals surface area contributed by atoms with Crippen LogP contribution in [0, 0.1) is 5.82 Å². The summed E-state index contributed by atoms with van der Waals surface area (Å²) in [6, 6.07) is 4.51. The Bertz CT molecular complexity index is 811. The molecular weight excluding hydrogens is 303 g/mol. The maximum Gasteiger partial charge on any atom is 0.347 e. The van der Waals surface area contributed by atoms with Crippen LogP contribution in [0.3, 0.4) is 0 Å². The number of rotatable bonds is 3. The van der Waals surface area contributed by atoms with Gasteiger partial charge in [0, 0.05) is 16.3 Å². The molecule has 8 heteroatoms. The van der Waals surface area contributed by atoms with Crippen LogP contribution in [0.1, 0.15) is 5.56 Å². The molecule has 2 aromatic heterocycles. The van der Waals surface area contributed by atoms with Crippen LogP contribution in [-0.2, 0) is 5.75 Å². The Morgan fingerprint density at radius 3 is 3.05 bits per heavy atom. The fourth-order valence-corrected chi connectivity index (χ4v) is 3.08. The van der Waals surface area contributed by atoms with Crippen LogP contribution >= 0.6 is 23.4 Å². The second-order valence-corrected chi connectivity index (χ2v) is 5.33. The van der Waals surface area contributed by atoms with Gasteiger partial charge < -0.3 is 4.98 Å². The van der Waals surface area contributed by atoms with Gasteiger partial charge in [-0.2, -0.15) is 4.98 Å². The maximum atomic E-state index is 13.7. The minimum Gasteiger partial charge on any atom is -0.341 e. The number of imidazole rings is 1. The fourth-order valence-electron chi connectivity index (χ4n) is 1.74. The standard InChI is InChI=1S/C12H8ClFN4OS/c13-7-2-1-3-8(14)6(7)4-20-11-9-10(16-5-15-9)17-12(19)18-11/h1-3,5H,4H2,(H2,15,16,17,18,19). The molecule has 1 aromatic carbocycles. The van der Waals surface area contributed by atoms with Gasteiger partial charge in [0.15, 0.2) is 5.65 Å². The van der Waals surface area contributed by atoms with E-state index in [2.05, 4.69) is 19.9 Å². The van der Waals surface area contributed by atoms with E-state index in [1.54, 1.807) is 12.1 Å². The van der Waals surface area contributed by atoms with E-state index in [0.717, 1.165) is 0 Å². The number of hydrogen-bond acceptors (Lipinski definition) is 4. The third-order valence-corrected chi connectivity index (χ3v) is 4.05. The average molecular weight is 311 g/mol. The van der Waals surface area contributed by atoms with Crippen LogP contribution in [0.5, 0.6) is 0 Å². The Balaban J connectivity index is 1.94. The molecular formula is C12H8ClFN4OS. The van der Waals surface area contributed by atoms with Gasteiger partial charge in [0.05, 0.1) is 6.33 Å². The van der Waals surface area contributed by atoms with Gasteiger partial charge >= 0.3 is 5.69 Å². The molecule has 0 aliphatic rings. The molecule has 0 aliphatic carbocycles. The van der Waals surface area contributed by atoms with Crippen molar-refractivity contribution in [3.63, 3.8) is 0 Å². The molecule has 3 aromatic rings. The van der Waals surface area contributed by atoms with Crippen LogP contribution < -0.4 is 5.69 Å². The van der Waals surface area contributed by atoms with E-state index >= 15 is 0 Å². The van der Waals surface area contributed by atoms with Crippen molar-refractivity contribution in [2.45, 2.75) is 10.8 Å². The quantitative estimate of drug-likeness (QED) is 0.576. The van der Waals surface area contributed by atoms with Crippen LogP contribution in [0.2, 0.25) is 5.02 Å². The third kappa shape index (κ3) is 2.41. The Morgan fingerprint density at radius 1 is 1.40 bits per heavy atom. The lowest BCUT2D eigenvalue weighted by Gasteiger charge is -2.05. The number of aromatic amines is 2. The summed E-state index contributed by atoms with van der Waals surface area (Å²) in [4.78, 5) is 24.6. The number of nitrogens with zero attached hydrogens (tertiary/aromatic N) is 2. The van der Waals surface area contributed by atoms with Crippen molar-refractivity contribution in [3.8, 4) is 0 Å². The van der Waals surface area contributed by atoms with Crippen LogP contribution in [0.25, 0.3) is 11.2 Å². The summed E-state index contributed by atoms with van der Waals surface area (Å²) in [7, 11) is 0. The summed E-state index contributed by atoms with van der Waals surface area (Å²) >= 11 is 7.19. The summed E-state index contributed by atoms with van der Waals surface area (Å²) in [5.41, 5.74) is 0.926. The van der Waals surface area contributed by atoms with Gasteiger partial charge in [0.2, 0.25) is 0 Å². The number of thioether (sulfide) groups is 1. The number of nitrogens with one attached hydrogen (secondary N) is 2. The predicted molar refractivity (Wildman–Crippen MR) is 75.5 cm³/mol. The second-order valence-electron chi connectivity index (χ2n) is 3.96. The Labute approximate surface area is 121 Å². The zero-order chi connectivity index (χ0) is 14.1. The van der Waals surface area contributed by atoms with E-state index in [-0.39, 0.29) is 11.6 Å². The summed E-state index contributed by atoms with van der Waals surface area (Å²) < 4.78 is 13.7. The Kier molecular flexibility index (Phi) is 3.45. The van der Waals surface area contributed by atoms with Gasteiger partial charge in [-0.1, -0.05) is 29.4 Å². The smallest absolute Gasteiger partial charge is 0.341 e. The molecule has 3 rings (SSSR count). The predicted octanol–water partition coefficient (Wildman–Crippen LogP) is 2.73. The van der Waals surface area contributed by atoms with Crippen molar-refractivity contribution in [2.24, 2.45) is 0 Å². The van der Waals surface area contributed by atoms with E-state index in [0.29, 0.717) is 26.8 Å². The molecule has 0 aliphatic heterocycles. The molecule has 0 saturated heterocycles. The molecule has 0 unspecified atom stereocenters. The highest BCUT2D eigenvalue weighted by molar-refractivity contribution is 7.98. The van der Waals surface area contributed by atoms with Gasteiger partial charge in [-0.15, -0.1) is 0 Å². The number of benzene rings is 1. The van der Waals surface area contributed by atoms with Gasteiger partial charge in [0.25, 0.3) is 0 Å². The molecule has 0 fully saturated rings. The largest absolute Gasteiger partial charge is 0.347 e. The monoisotopic (exact) mass is 310 g/mol. The molecule has 2 heterocycles. The summed E-state index contributed by atoms with van der Waals surface area (Å²) in [5, 5.41) is 0.809. The van der Waals surface area contributed by atoms with Crippen molar-refractivity contribution in [3.05, 3.63) is 51.4 Å². The highest BCUT2D eigenvalue weighted by Gasteiger charge is 2.12. The van der Waals surface area contributed by atoms with Gasteiger partial charge in [-0.05, 0) is 12.1 Å². The van der Waals surface area contributed by atoms with E-state index in [4.69, 9.17) is 11.6 Å². The van der Waals surface area contributed by atoms with E-state index < -0.39 is 5.69 Å². The van der Waals surface area contributed by atoms with Crippen LogP contribution in [-0.4, -0.2) is 19.9 Å². The molecule has 20 heavy (non-hydrogen) atoms. The number of aromatic nitrogens is 4. The maximum absolute atomic E-state index is 13.7. The van der Waals surface area contributed by atoms with Crippen molar-refractivity contribution in [1.29, 1.82) is 0 Å². The molecule has 0 saturated carbocycles. The zero-order valence-electron chi connectivity index (χ0n) is 9.98. The molecule has 5 nitrogen and oxygen atoms in total. The zero-order valence-corrected chi connectivity index (χ0v) is 11.6. The lowest BCUT2D eigenvalue weighted by molar-refractivity contribution is 0.617. The summed E-state index contributed by atoms with van der Waals surface area (Å²) in [6.45, 7) is 0. The van der Waals surface area contributed by atoms with E-state index in [9.17, 15) is 9.18 Å². The minimum atomic E-state index is -0.494. The molecule has 0 amide bonds.